The van der Waals surface area contributed by atoms with Crippen LogP contribution >= 0.6 is 0 Å². The summed E-state index contributed by atoms with van der Waals surface area (Å²) in [5, 5.41) is 7.07. The molecular weight excluding hydrogens is 288 g/mol. The summed E-state index contributed by atoms with van der Waals surface area (Å²) in [5.74, 6) is 0.919. The van der Waals surface area contributed by atoms with Gasteiger partial charge in [-0.05, 0) is 38.7 Å². The summed E-state index contributed by atoms with van der Waals surface area (Å²) in [6, 6.07) is 10.5. The first-order valence-electron chi connectivity index (χ1n) is 8.35. The van der Waals surface area contributed by atoms with Gasteiger partial charge in [0.1, 0.15) is 5.76 Å². The molecule has 23 heavy (non-hydrogen) atoms. The lowest BCUT2D eigenvalue weighted by atomic mass is 9.64. The summed E-state index contributed by atoms with van der Waals surface area (Å²) in [5.41, 5.74) is 3.42. The van der Waals surface area contributed by atoms with Crippen LogP contribution in [0.25, 0.3) is 0 Å². The first kappa shape index (κ1) is 15.8. The lowest BCUT2D eigenvalue weighted by Gasteiger charge is -2.42. The summed E-state index contributed by atoms with van der Waals surface area (Å²) in [6.07, 6.45) is 4.71. The quantitative estimate of drug-likeness (QED) is 0.888. The molecule has 3 rings (SSSR count). The molecule has 0 spiro atoms. The maximum absolute atomic E-state index is 12.2. The van der Waals surface area contributed by atoms with Crippen LogP contribution in [0.2, 0.25) is 0 Å². The topological polar surface area (TPSA) is 55.1 Å². The Morgan fingerprint density at radius 2 is 2.00 bits per heavy atom. The lowest BCUT2D eigenvalue weighted by molar-refractivity contribution is -0.121. The van der Waals surface area contributed by atoms with Gasteiger partial charge in [-0.15, -0.1) is 0 Å². The van der Waals surface area contributed by atoms with Crippen molar-refractivity contribution in [1.82, 2.24) is 10.5 Å². The van der Waals surface area contributed by atoms with Crippen LogP contribution in [0, 0.1) is 13.8 Å². The molecule has 1 aromatic carbocycles. The maximum Gasteiger partial charge on any atom is 0.220 e. The zero-order valence-electron chi connectivity index (χ0n) is 13.9. The van der Waals surface area contributed by atoms with Gasteiger partial charge in [0.05, 0.1) is 5.69 Å². The van der Waals surface area contributed by atoms with Crippen LogP contribution in [0.5, 0.6) is 0 Å². The van der Waals surface area contributed by atoms with E-state index in [-0.39, 0.29) is 11.3 Å². The molecule has 122 valence electrons. The summed E-state index contributed by atoms with van der Waals surface area (Å²) in [4.78, 5) is 12.2. The number of nitrogens with one attached hydrogen (secondary N) is 1. The molecule has 0 atom stereocenters. The Labute approximate surface area is 137 Å². The lowest BCUT2D eigenvalue weighted by Crippen LogP contribution is -2.45. The first-order chi connectivity index (χ1) is 11.1. The number of nitrogens with zero attached hydrogens (tertiary/aromatic N) is 1. The second kappa shape index (κ2) is 6.57. The minimum absolute atomic E-state index is 0.104. The molecule has 4 heteroatoms. The molecule has 0 unspecified atom stereocenters. The van der Waals surface area contributed by atoms with Crippen LogP contribution in [0.15, 0.2) is 34.9 Å². The smallest absolute Gasteiger partial charge is 0.220 e. The van der Waals surface area contributed by atoms with Crippen LogP contribution in [0.3, 0.4) is 0 Å². The van der Waals surface area contributed by atoms with Crippen LogP contribution in [0.1, 0.15) is 48.3 Å². The first-order valence-corrected chi connectivity index (χ1v) is 8.35. The van der Waals surface area contributed by atoms with Crippen molar-refractivity contribution >= 4 is 5.91 Å². The van der Waals surface area contributed by atoms with Crippen LogP contribution in [-0.2, 0) is 16.6 Å². The van der Waals surface area contributed by atoms with Crippen molar-refractivity contribution in [3.05, 3.63) is 52.9 Å². The molecule has 1 heterocycles. The fourth-order valence-electron chi connectivity index (χ4n) is 3.42. The van der Waals surface area contributed by atoms with Crippen molar-refractivity contribution in [3.8, 4) is 0 Å². The van der Waals surface area contributed by atoms with Gasteiger partial charge >= 0.3 is 0 Å². The second-order valence-corrected chi connectivity index (χ2v) is 6.58. The van der Waals surface area contributed by atoms with Gasteiger partial charge in [-0.2, -0.15) is 0 Å². The molecule has 1 aromatic heterocycles. The highest BCUT2D eigenvalue weighted by Crippen LogP contribution is 2.43. The Kier molecular flexibility index (Phi) is 4.51. The molecule has 1 aliphatic carbocycles. The number of hydrogen-bond acceptors (Lipinski definition) is 3. The molecule has 0 aliphatic heterocycles. The molecule has 1 N–H and O–H groups in total. The summed E-state index contributed by atoms with van der Waals surface area (Å²) < 4.78 is 5.14. The van der Waals surface area contributed by atoms with E-state index in [0.29, 0.717) is 12.8 Å². The van der Waals surface area contributed by atoms with Crippen LogP contribution < -0.4 is 5.32 Å². The third-order valence-electron chi connectivity index (χ3n) is 5.10. The van der Waals surface area contributed by atoms with Crippen molar-refractivity contribution in [1.29, 1.82) is 0 Å². The molecule has 1 fully saturated rings. The van der Waals surface area contributed by atoms with Crippen molar-refractivity contribution in [3.63, 3.8) is 0 Å². The number of aryl methyl sites for hydroxylation is 2. The van der Waals surface area contributed by atoms with Crippen molar-refractivity contribution < 1.29 is 9.32 Å². The zero-order valence-corrected chi connectivity index (χ0v) is 13.9. The third-order valence-corrected chi connectivity index (χ3v) is 5.10. The van der Waals surface area contributed by atoms with Gasteiger partial charge in [0.2, 0.25) is 5.91 Å². The second-order valence-electron chi connectivity index (χ2n) is 6.58. The van der Waals surface area contributed by atoms with E-state index in [0.717, 1.165) is 36.4 Å². The van der Waals surface area contributed by atoms with E-state index in [9.17, 15) is 4.79 Å². The van der Waals surface area contributed by atoms with Gasteiger partial charge in [0.25, 0.3) is 0 Å². The Bertz CT molecular complexity index is 652. The van der Waals surface area contributed by atoms with Crippen molar-refractivity contribution in [2.75, 3.05) is 6.54 Å². The van der Waals surface area contributed by atoms with E-state index in [2.05, 4.69) is 34.7 Å². The van der Waals surface area contributed by atoms with E-state index in [1.807, 2.05) is 19.9 Å². The van der Waals surface area contributed by atoms with Gasteiger partial charge in [0, 0.05) is 23.9 Å². The van der Waals surface area contributed by atoms with E-state index in [4.69, 9.17) is 4.52 Å². The standard InChI is InChI=1S/C19H24N2O2/c1-14-17(15(2)23-21-14)9-10-18(22)20-13-19(11-6-12-19)16-7-4-3-5-8-16/h3-5,7-8H,6,9-13H2,1-2H3,(H,20,22). The van der Waals surface area contributed by atoms with Crippen LogP contribution in [-0.4, -0.2) is 17.6 Å². The van der Waals surface area contributed by atoms with Gasteiger partial charge in [0.15, 0.2) is 0 Å². The van der Waals surface area contributed by atoms with E-state index >= 15 is 0 Å². The Morgan fingerprint density at radius 3 is 2.57 bits per heavy atom. The molecule has 0 bridgehead atoms. The Morgan fingerprint density at radius 1 is 1.26 bits per heavy atom. The highest BCUT2D eigenvalue weighted by Gasteiger charge is 2.38. The number of aromatic nitrogens is 1. The number of rotatable bonds is 6. The number of hydrogen-bond donors (Lipinski definition) is 1. The van der Waals surface area contributed by atoms with Gasteiger partial charge < -0.3 is 9.84 Å². The van der Waals surface area contributed by atoms with E-state index in [1.54, 1.807) is 0 Å². The number of carbonyl (C=O) groups is 1. The van der Waals surface area contributed by atoms with Gasteiger partial charge in [-0.3, -0.25) is 4.79 Å². The maximum atomic E-state index is 12.2. The zero-order chi connectivity index (χ0) is 16.3. The molecule has 1 saturated carbocycles. The number of benzene rings is 1. The van der Waals surface area contributed by atoms with Gasteiger partial charge in [-0.1, -0.05) is 41.9 Å². The summed E-state index contributed by atoms with van der Waals surface area (Å²) in [6.45, 7) is 4.55. The van der Waals surface area contributed by atoms with Crippen molar-refractivity contribution in [2.45, 2.75) is 51.4 Å². The molecule has 2 aromatic rings. The molecule has 0 saturated heterocycles. The highest BCUT2D eigenvalue weighted by molar-refractivity contribution is 5.76. The molecule has 1 amide bonds. The number of carbonyl (C=O) groups excluding carboxylic acids is 1. The SMILES string of the molecule is Cc1noc(C)c1CCC(=O)NCC1(c2ccccc2)CCC1. The Hall–Kier alpha value is -2.10. The van der Waals surface area contributed by atoms with Gasteiger partial charge in [-0.25, -0.2) is 0 Å². The summed E-state index contributed by atoms with van der Waals surface area (Å²) in [7, 11) is 0. The molecule has 4 nitrogen and oxygen atoms in total. The largest absolute Gasteiger partial charge is 0.361 e. The molecule has 0 radical (unpaired) electrons. The molecule has 1 aliphatic rings. The highest BCUT2D eigenvalue weighted by atomic mass is 16.5. The number of amides is 1. The Balaban J connectivity index is 1.54. The average Bonchev–Trinajstić information content (AvgIpc) is 2.84. The fraction of sp³-hybridized carbons (Fsp3) is 0.474. The average molecular weight is 312 g/mol. The van der Waals surface area contributed by atoms with Crippen molar-refractivity contribution in [2.24, 2.45) is 0 Å². The molecular formula is C19H24N2O2. The minimum atomic E-state index is 0.104. The van der Waals surface area contributed by atoms with E-state index < -0.39 is 0 Å². The normalized spacial score (nSPS) is 15.9. The predicted octanol–water partition coefficient (Wildman–Crippen LogP) is 3.46. The predicted molar refractivity (Wildman–Crippen MR) is 89.3 cm³/mol. The summed E-state index contributed by atoms with van der Waals surface area (Å²) >= 11 is 0. The minimum Gasteiger partial charge on any atom is -0.361 e. The monoisotopic (exact) mass is 312 g/mol. The fourth-order valence-corrected chi connectivity index (χ4v) is 3.42. The third kappa shape index (κ3) is 3.31. The van der Waals surface area contributed by atoms with E-state index in [1.165, 1.54) is 12.0 Å². The van der Waals surface area contributed by atoms with Crippen LogP contribution in [0.4, 0.5) is 0 Å².